The van der Waals surface area contributed by atoms with E-state index in [0.717, 1.165) is 12.8 Å². The minimum absolute atomic E-state index is 1.10. The van der Waals surface area contributed by atoms with Crippen LogP contribution >= 0.6 is 0 Å². The first kappa shape index (κ1) is 9.23. The molecule has 0 saturated heterocycles. The summed E-state index contributed by atoms with van der Waals surface area (Å²) in [7, 11) is 0. The van der Waals surface area contributed by atoms with Gasteiger partial charge in [0.1, 0.15) is 0 Å². The van der Waals surface area contributed by atoms with Gasteiger partial charge in [-0.05, 0) is 59.2 Å². The molecule has 0 saturated carbocycles. The summed E-state index contributed by atoms with van der Waals surface area (Å²) in [5, 5.41) is 0. The molecule has 0 amide bonds. The summed E-state index contributed by atoms with van der Waals surface area (Å²) >= 11 is 0. The summed E-state index contributed by atoms with van der Waals surface area (Å²) in [5.74, 6) is 0. The van der Waals surface area contributed by atoms with Crippen LogP contribution in [0.4, 0.5) is 0 Å². The maximum atomic E-state index is 2.41. The smallest absolute Gasteiger partial charge is 0.00132 e. The van der Waals surface area contributed by atoms with Crippen LogP contribution in [-0.4, -0.2) is 0 Å². The highest BCUT2D eigenvalue weighted by atomic mass is 14.2. The first-order valence-corrected chi connectivity index (χ1v) is 6.22. The van der Waals surface area contributed by atoms with Gasteiger partial charge >= 0.3 is 0 Å². The molecule has 0 bridgehead atoms. The van der Waals surface area contributed by atoms with Crippen LogP contribution in [0.15, 0.2) is 42.0 Å². The van der Waals surface area contributed by atoms with Gasteiger partial charge in [0, 0.05) is 0 Å². The lowest BCUT2D eigenvalue weighted by molar-refractivity contribution is 1.19. The fraction of sp³-hybridized carbons (Fsp3) is 0.176. The average Bonchev–Trinajstić information content (AvgIpc) is 2.84. The van der Waals surface area contributed by atoms with Crippen LogP contribution < -0.4 is 0 Å². The van der Waals surface area contributed by atoms with Gasteiger partial charge in [-0.25, -0.2) is 0 Å². The zero-order valence-electron chi connectivity index (χ0n) is 9.96. The van der Waals surface area contributed by atoms with Crippen molar-refractivity contribution < 1.29 is 0 Å². The van der Waals surface area contributed by atoms with Gasteiger partial charge in [-0.1, -0.05) is 42.0 Å². The maximum Gasteiger partial charge on any atom is -0.00132 e. The topological polar surface area (TPSA) is 0 Å². The molecule has 0 unspecified atom stereocenters. The minimum atomic E-state index is 1.10. The minimum Gasteiger partial charge on any atom is -0.0683 e. The Morgan fingerprint density at radius 1 is 0.824 bits per heavy atom. The van der Waals surface area contributed by atoms with Crippen molar-refractivity contribution in [3.63, 3.8) is 0 Å². The molecule has 17 heavy (non-hydrogen) atoms. The molecule has 2 aliphatic rings. The van der Waals surface area contributed by atoms with Crippen molar-refractivity contribution in [1.29, 1.82) is 0 Å². The Balaban J connectivity index is 1.95. The summed E-state index contributed by atoms with van der Waals surface area (Å²) in [6.45, 7) is 2.22. The van der Waals surface area contributed by atoms with Crippen LogP contribution in [0.2, 0.25) is 0 Å². The van der Waals surface area contributed by atoms with Crippen LogP contribution in [0.5, 0.6) is 0 Å². The molecule has 2 aromatic rings. The van der Waals surface area contributed by atoms with E-state index in [4.69, 9.17) is 0 Å². The van der Waals surface area contributed by atoms with Crippen LogP contribution in [0, 0.1) is 0 Å². The number of benzene rings is 2. The lowest BCUT2D eigenvalue weighted by Crippen LogP contribution is -1.87. The molecular weight excluding hydrogens is 204 g/mol. The van der Waals surface area contributed by atoms with Crippen molar-refractivity contribution in [3.05, 3.63) is 64.2 Å². The first-order chi connectivity index (χ1) is 8.31. The maximum absolute atomic E-state index is 2.41. The second-order valence-corrected chi connectivity index (χ2v) is 5.21. The van der Waals surface area contributed by atoms with Crippen molar-refractivity contribution in [3.8, 4) is 11.1 Å². The third-order valence-corrected chi connectivity index (χ3v) is 3.92. The molecular formula is C17H14. The highest BCUT2D eigenvalue weighted by molar-refractivity contribution is 5.80. The van der Waals surface area contributed by atoms with E-state index in [1.165, 1.54) is 39.0 Å². The van der Waals surface area contributed by atoms with Gasteiger partial charge in [-0.3, -0.25) is 0 Å². The molecule has 0 N–H and O–H groups in total. The molecule has 0 aliphatic heterocycles. The van der Waals surface area contributed by atoms with Gasteiger partial charge in [0.15, 0.2) is 0 Å². The molecule has 0 atom stereocenters. The normalized spacial score (nSPS) is 15.2. The SMILES string of the molecule is CC1=Cc2cc3c(cc2C1)-c1ccccc1C3. The zero-order chi connectivity index (χ0) is 11.4. The zero-order valence-corrected chi connectivity index (χ0v) is 9.96. The lowest BCUT2D eigenvalue weighted by Gasteiger charge is -2.05. The van der Waals surface area contributed by atoms with E-state index in [1.54, 1.807) is 0 Å². The predicted molar refractivity (Wildman–Crippen MR) is 72.0 cm³/mol. The van der Waals surface area contributed by atoms with Gasteiger partial charge in [-0.15, -0.1) is 0 Å². The number of rotatable bonds is 0. The number of fused-ring (bicyclic) bond motifs is 4. The van der Waals surface area contributed by atoms with Crippen LogP contribution in [0.3, 0.4) is 0 Å². The van der Waals surface area contributed by atoms with Crippen molar-refractivity contribution >= 4 is 6.08 Å². The summed E-state index contributed by atoms with van der Waals surface area (Å²) in [5.41, 5.74) is 10.3. The molecule has 2 aliphatic carbocycles. The van der Waals surface area contributed by atoms with Gasteiger partial charge < -0.3 is 0 Å². The summed E-state index contributed by atoms with van der Waals surface area (Å²) in [4.78, 5) is 0. The molecule has 4 rings (SSSR count). The first-order valence-electron chi connectivity index (χ1n) is 6.22. The molecule has 2 aromatic carbocycles. The van der Waals surface area contributed by atoms with Crippen molar-refractivity contribution in [2.75, 3.05) is 0 Å². The molecule has 82 valence electrons. The standard InChI is InChI=1S/C17H14/c1-11-6-13-9-15-8-12-4-2-3-5-16(12)17(15)10-14(13)7-11/h2-6,9-10H,7-8H2,1H3. The third-order valence-electron chi connectivity index (χ3n) is 3.92. The quantitative estimate of drug-likeness (QED) is 0.530. The fourth-order valence-electron chi connectivity index (χ4n) is 3.15. The molecule has 0 fully saturated rings. The summed E-state index contributed by atoms with van der Waals surface area (Å²) < 4.78 is 0. The van der Waals surface area contributed by atoms with Crippen LogP contribution in [-0.2, 0) is 12.8 Å². The Morgan fingerprint density at radius 2 is 1.71 bits per heavy atom. The van der Waals surface area contributed by atoms with Gasteiger partial charge in [-0.2, -0.15) is 0 Å². The Bertz CT molecular complexity index is 660. The summed E-state index contributed by atoms with van der Waals surface area (Å²) in [6.07, 6.45) is 4.56. The Morgan fingerprint density at radius 3 is 2.65 bits per heavy atom. The average molecular weight is 218 g/mol. The second-order valence-electron chi connectivity index (χ2n) is 5.21. The van der Waals surface area contributed by atoms with E-state index in [2.05, 4.69) is 49.4 Å². The van der Waals surface area contributed by atoms with Gasteiger partial charge in [0.2, 0.25) is 0 Å². The summed E-state index contributed by atoms with van der Waals surface area (Å²) in [6, 6.07) is 13.6. The Labute approximate surface area is 102 Å². The second kappa shape index (κ2) is 3.10. The fourth-order valence-corrected chi connectivity index (χ4v) is 3.15. The highest BCUT2D eigenvalue weighted by Crippen LogP contribution is 2.40. The van der Waals surface area contributed by atoms with E-state index in [1.807, 2.05) is 0 Å². The van der Waals surface area contributed by atoms with Gasteiger partial charge in [0.05, 0.1) is 0 Å². The molecule has 0 spiro atoms. The molecule has 0 aromatic heterocycles. The largest absolute Gasteiger partial charge is 0.0683 e. The third kappa shape index (κ3) is 1.24. The molecule has 0 heteroatoms. The number of allylic oxidation sites excluding steroid dienone is 1. The van der Waals surface area contributed by atoms with Crippen molar-refractivity contribution in [2.24, 2.45) is 0 Å². The van der Waals surface area contributed by atoms with Crippen molar-refractivity contribution in [1.82, 2.24) is 0 Å². The number of hydrogen-bond acceptors (Lipinski definition) is 0. The predicted octanol–water partition coefficient (Wildman–Crippen LogP) is 4.22. The van der Waals surface area contributed by atoms with Gasteiger partial charge in [0.25, 0.3) is 0 Å². The van der Waals surface area contributed by atoms with E-state index in [0.29, 0.717) is 0 Å². The molecule has 0 radical (unpaired) electrons. The van der Waals surface area contributed by atoms with Crippen molar-refractivity contribution in [2.45, 2.75) is 19.8 Å². The Hall–Kier alpha value is -1.82. The van der Waals surface area contributed by atoms with Crippen LogP contribution in [0.1, 0.15) is 29.2 Å². The van der Waals surface area contributed by atoms with E-state index in [9.17, 15) is 0 Å². The lowest BCUT2D eigenvalue weighted by atomic mass is 9.99. The Kier molecular flexibility index (Phi) is 1.69. The van der Waals surface area contributed by atoms with Crippen LogP contribution in [0.25, 0.3) is 17.2 Å². The highest BCUT2D eigenvalue weighted by Gasteiger charge is 2.21. The number of hydrogen-bond donors (Lipinski definition) is 0. The molecule has 0 heterocycles. The molecule has 0 nitrogen and oxygen atoms in total. The van der Waals surface area contributed by atoms with E-state index in [-0.39, 0.29) is 0 Å². The monoisotopic (exact) mass is 218 g/mol. The van der Waals surface area contributed by atoms with E-state index >= 15 is 0 Å². The van der Waals surface area contributed by atoms with E-state index < -0.39 is 0 Å².